The maximum Gasteiger partial charge on any atom is 0.362 e. The van der Waals surface area contributed by atoms with E-state index < -0.39 is 80.8 Å². The first-order valence-corrected chi connectivity index (χ1v) is 13.7. The van der Waals surface area contributed by atoms with Crippen LogP contribution in [0, 0.1) is 0 Å². The zero-order chi connectivity index (χ0) is 30.3. The summed E-state index contributed by atoms with van der Waals surface area (Å²) < 4.78 is 33.2. The van der Waals surface area contributed by atoms with Gasteiger partial charge in [-0.2, -0.15) is 13.1 Å². The average molecular weight is 616 g/mol. The summed E-state index contributed by atoms with van der Waals surface area (Å²) in [5, 5.41) is 37.9. The number of anilines is 1. The fourth-order valence-corrected chi connectivity index (χ4v) is 5.35. The molecule has 0 unspecified atom stereocenters. The predicted molar refractivity (Wildman–Crippen MR) is 134 cm³/mol. The number of amides is 3. The van der Waals surface area contributed by atoms with E-state index in [0.29, 0.717) is 18.7 Å². The number of rotatable bonds is 10. The summed E-state index contributed by atoms with van der Waals surface area (Å²) in [6, 6.07) is -2.72. The van der Waals surface area contributed by atoms with E-state index in [1.165, 1.54) is 5.38 Å². The van der Waals surface area contributed by atoms with Crippen LogP contribution in [-0.4, -0.2) is 96.0 Å². The second-order valence-corrected chi connectivity index (χ2v) is 11.0. The van der Waals surface area contributed by atoms with Gasteiger partial charge in [-0.3, -0.25) is 23.7 Å². The monoisotopic (exact) mass is 615 g/mol. The number of carboxylic acid groups (broad SMARTS) is 1. The lowest BCUT2D eigenvalue weighted by Crippen LogP contribution is -2.74. The molecule has 2 aliphatic rings. The van der Waals surface area contributed by atoms with Gasteiger partial charge in [0.05, 0.1) is 12.2 Å². The quantitative estimate of drug-likeness (QED) is 0.0477. The molecule has 2 fully saturated rings. The number of nitrogens with zero attached hydrogens (tertiary/aromatic N) is 4. The Labute approximate surface area is 232 Å². The van der Waals surface area contributed by atoms with Crippen LogP contribution < -0.4 is 21.8 Å². The minimum absolute atomic E-state index is 0.00606. The minimum atomic E-state index is -5.17. The van der Waals surface area contributed by atoms with Crippen molar-refractivity contribution in [3.05, 3.63) is 39.3 Å². The molecule has 41 heavy (non-hydrogen) atoms. The van der Waals surface area contributed by atoms with Crippen molar-refractivity contribution in [1.82, 2.24) is 24.7 Å². The highest BCUT2D eigenvalue weighted by molar-refractivity contribution is 7.84. The molecule has 3 amide bonds. The Morgan fingerprint density at radius 1 is 1.29 bits per heavy atom. The Balaban J connectivity index is 1.56. The van der Waals surface area contributed by atoms with Gasteiger partial charge in [0.25, 0.3) is 17.7 Å². The summed E-state index contributed by atoms with van der Waals surface area (Å²) >= 11 is 0.904. The van der Waals surface area contributed by atoms with Crippen LogP contribution in [0.15, 0.2) is 27.6 Å². The molecule has 0 spiro atoms. The van der Waals surface area contributed by atoms with Crippen molar-refractivity contribution in [3.8, 4) is 5.75 Å². The second-order valence-electron chi connectivity index (χ2n) is 8.85. The van der Waals surface area contributed by atoms with Crippen molar-refractivity contribution in [2.24, 2.45) is 5.16 Å². The fraction of sp³-hybridized carbons (Fsp3) is 0.350. The third kappa shape index (κ3) is 5.62. The molecular formula is C20H21N7O12S2. The summed E-state index contributed by atoms with van der Waals surface area (Å²) in [5.41, 5.74) is 1.49. The molecule has 19 nitrogen and oxygen atoms in total. The van der Waals surface area contributed by atoms with Crippen molar-refractivity contribution in [3.63, 3.8) is 0 Å². The molecule has 1 saturated heterocycles. The van der Waals surface area contributed by atoms with E-state index in [0.717, 1.165) is 11.3 Å². The molecule has 2 aromatic heterocycles. The van der Waals surface area contributed by atoms with Gasteiger partial charge < -0.3 is 36.6 Å². The van der Waals surface area contributed by atoms with Gasteiger partial charge >= 0.3 is 16.3 Å². The molecular weight excluding hydrogens is 594 g/mol. The maximum atomic E-state index is 13.2. The Morgan fingerprint density at radius 2 is 1.98 bits per heavy atom. The molecule has 3 heterocycles. The molecule has 2 aromatic rings. The van der Waals surface area contributed by atoms with Crippen LogP contribution in [0.2, 0.25) is 0 Å². The number of carbonyl (C=O) groups excluding carboxylic acids is 3. The van der Waals surface area contributed by atoms with E-state index in [-0.39, 0.29) is 32.7 Å². The zero-order valence-corrected chi connectivity index (χ0v) is 22.1. The van der Waals surface area contributed by atoms with Gasteiger partial charge in [-0.05, 0) is 6.42 Å². The number of nitrogen functional groups attached to an aromatic ring is 1. The molecule has 0 aromatic carbocycles. The molecule has 1 aliphatic heterocycles. The summed E-state index contributed by atoms with van der Waals surface area (Å²) in [7, 11) is -5.17. The van der Waals surface area contributed by atoms with Crippen LogP contribution in [0.25, 0.3) is 0 Å². The molecule has 0 bridgehead atoms. The zero-order valence-electron chi connectivity index (χ0n) is 20.5. The van der Waals surface area contributed by atoms with Gasteiger partial charge in [-0.1, -0.05) is 5.16 Å². The highest BCUT2D eigenvalue weighted by atomic mass is 32.2. The number of aromatic hydroxyl groups is 1. The Hall–Kier alpha value is -4.76. The number of hydrogen-bond acceptors (Lipinski definition) is 14. The average Bonchev–Trinajstić information content (AvgIpc) is 3.28. The maximum absolute atomic E-state index is 13.2. The van der Waals surface area contributed by atoms with Gasteiger partial charge in [0.1, 0.15) is 17.4 Å². The third-order valence-electron chi connectivity index (χ3n) is 6.26. The first-order valence-electron chi connectivity index (χ1n) is 11.4. The summed E-state index contributed by atoms with van der Waals surface area (Å²) in [6.07, 6.45) is 1.27. The van der Waals surface area contributed by atoms with Crippen molar-refractivity contribution in [2.75, 3.05) is 12.3 Å². The van der Waals surface area contributed by atoms with E-state index in [2.05, 4.69) is 20.8 Å². The number of pyridine rings is 1. The summed E-state index contributed by atoms with van der Waals surface area (Å²) in [4.78, 5) is 70.6. The van der Waals surface area contributed by atoms with E-state index >= 15 is 0 Å². The topological polar surface area (TPSA) is 293 Å². The largest absolute Gasteiger partial charge is 0.503 e. The number of nitrogens with one attached hydrogen (secondary N) is 2. The van der Waals surface area contributed by atoms with Crippen molar-refractivity contribution in [1.29, 1.82) is 0 Å². The number of aromatic nitrogens is 2. The molecule has 4 rings (SSSR count). The Bertz CT molecular complexity index is 1630. The van der Waals surface area contributed by atoms with E-state index in [1.807, 2.05) is 0 Å². The number of β-lactam (4-membered cyclic amide) rings is 1. The number of carboxylic acids is 1. The van der Waals surface area contributed by atoms with Crippen LogP contribution in [0.4, 0.5) is 5.13 Å². The van der Waals surface area contributed by atoms with E-state index in [4.69, 9.17) is 10.6 Å². The van der Waals surface area contributed by atoms with E-state index in [9.17, 15) is 52.4 Å². The molecule has 2 atom stereocenters. The fourth-order valence-electron chi connectivity index (χ4n) is 3.92. The second kappa shape index (κ2) is 10.7. The van der Waals surface area contributed by atoms with Gasteiger partial charge in [-0.25, -0.2) is 14.1 Å². The van der Waals surface area contributed by atoms with Crippen LogP contribution in [0.5, 0.6) is 5.75 Å². The van der Waals surface area contributed by atoms with Gasteiger partial charge in [0.15, 0.2) is 16.6 Å². The molecule has 1 saturated carbocycles. The summed E-state index contributed by atoms with van der Waals surface area (Å²) in [5.74, 6) is -5.81. The van der Waals surface area contributed by atoms with Crippen molar-refractivity contribution < 1.29 is 52.4 Å². The molecule has 220 valence electrons. The Morgan fingerprint density at radius 3 is 2.51 bits per heavy atom. The Kier molecular flexibility index (Phi) is 7.60. The van der Waals surface area contributed by atoms with Crippen molar-refractivity contribution in [2.45, 2.75) is 36.9 Å². The molecule has 21 heteroatoms. The highest BCUT2D eigenvalue weighted by Gasteiger charge is 2.54. The number of hydrogen-bond donors (Lipinski definition) is 7. The standard InChI is InChI=1S/C20H21N7O12S2/c21-19-23-8(7-40-19)13(25-39-20(18(33)34)2-1-3-20)16(31)24-14-10(27(17(14)32)41(36,37)38)5-22-15(30)9-4-11(28)12(29)6-26(9)35/h4,6-7,10,14,29,35H,1-3,5H2,(H2,21,23)(H,22,30)(H,24,31)(H,33,34)(H,36,37,38)/t10-,14+/m1/s1. The van der Waals surface area contributed by atoms with Crippen LogP contribution in [0.3, 0.4) is 0 Å². The van der Waals surface area contributed by atoms with Crippen molar-refractivity contribution >= 4 is 56.2 Å². The SMILES string of the molecule is Nc1nc(C(=NOC2(C(=O)O)CCC2)C(=O)N[C@@H]2C(=O)N(S(=O)(=O)O)[C@@H]2CNC(=O)c2cc(=O)c(O)cn2O)cs1. The normalized spacial score (nSPS) is 20.0. The number of carbonyl (C=O) groups is 4. The first kappa shape index (κ1) is 29.2. The highest BCUT2D eigenvalue weighted by Crippen LogP contribution is 2.36. The molecule has 0 radical (unpaired) electrons. The number of aliphatic carboxylic acids is 1. The van der Waals surface area contributed by atoms with Gasteiger partial charge in [-0.15, -0.1) is 11.3 Å². The predicted octanol–water partition coefficient (Wildman–Crippen LogP) is -2.51. The van der Waals surface area contributed by atoms with Gasteiger partial charge in [0.2, 0.25) is 11.0 Å². The van der Waals surface area contributed by atoms with Crippen LogP contribution in [-0.2, 0) is 29.5 Å². The van der Waals surface area contributed by atoms with Crippen LogP contribution >= 0.6 is 11.3 Å². The smallest absolute Gasteiger partial charge is 0.362 e. The number of nitrogens with two attached hydrogens (primary N) is 1. The van der Waals surface area contributed by atoms with Gasteiger partial charge in [0, 0.05) is 30.8 Å². The lowest BCUT2D eigenvalue weighted by atomic mass is 9.80. The van der Waals surface area contributed by atoms with Crippen LogP contribution in [0.1, 0.15) is 35.4 Å². The summed E-state index contributed by atoms with van der Waals surface area (Å²) in [6.45, 7) is -0.737. The molecule has 1 aliphatic carbocycles. The lowest BCUT2D eigenvalue weighted by Gasteiger charge is -2.44. The third-order valence-corrected chi connectivity index (χ3v) is 7.88. The number of thiazole rings is 1. The number of oxime groups is 1. The van der Waals surface area contributed by atoms with E-state index in [1.54, 1.807) is 0 Å². The first-order chi connectivity index (χ1) is 19.1. The minimum Gasteiger partial charge on any atom is -0.503 e. The lowest BCUT2D eigenvalue weighted by molar-refractivity contribution is -0.178. The molecule has 8 N–H and O–H groups in total.